The molecule has 0 radical (unpaired) electrons. The summed E-state index contributed by atoms with van der Waals surface area (Å²) in [5.74, 6) is 0.180. The Labute approximate surface area is 149 Å². The predicted octanol–water partition coefficient (Wildman–Crippen LogP) is 1.51. The third kappa shape index (κ3) is 3.51. The molecule has 0 saturated carbocycles. The number of aromatic nitrogens is 2. The van der Waals surface area contributed by atoms with Gasteiger partial charge in [0, 0.05) is 19.0 Å². The molecule has 1 aromatic heterocycles. The lowest BCUT2D eigenvalue weighted by molar-refractivity contribution is -0.120. The van der Waals surface area contributed by atoms with Crippen LogP contribution in [0.1, 0.15) is 11.3 Å². The van der Waals surface area contributed by atoms with E-state index in [0.717, 1.165) is 5.56 Å². The minimum absolute atomic E-state index is 0.0449. The average Bonchev–Trinajstić information content (AvgIpc) is 2.65. The van der Waals surface area contributed by atoms with Crippen molar-refractivity contribution < 1.29 is 14.6 Å². The number of nitrogens with one attached hydrogen (secondary N) is 1. The molecule has 0 spiro atoms. The van der Waals surface area contributed by atoms with E-state index in [0.29, 0.717) is 28.8 Å². The summed E-state index contributed by atoms with van der Waals surface area (Å²) >= 11 is 0. The number of methoxy groups -OCH3 is 1. The van der Waals surface area contributed by atoms with Crippen LogP contribution in [0.2, 0.25) is 0 Å². The van der Waals surface area contributed by atoms with Gasteiger partial charge in [-0.3, -0.25) is 9.59 Å². The minimum Gasteiger partial charge on any atom is -0.504 e. The summed E-state index contributed by atoms with van der Waals surface area (Å²) in [6, 6.07) is 12.0. The molecule has 2 aromatic carbocycles. The van der Waals surface area contributed by atoms with Gasteiger partial charge in [0.05, 0.1) is 24.6 Å². The van der Waals surface area contributed by atoms with Crippen molar-refractivity contribution in [3.8, 4) is 11.5 Å². The van der Waals surface area contributed by atoms with Gasteiger partial charge in [-0.05, 0) is 23.8 Å². The predicted molar refractivity (Wildman–Crippen MR) is 97.2 cm³/mol. The topological polar surface area (TPSA) is 93.5 Å². The molecule has 7 heteroatoms. The lowest BCUT2D eigenvalue weighted by Gasteiger charge is -2.10. The van der Waals surface area contributed by atoms with Crippen molar-refractivity contribution >= 4 is 16.7 Å². The number of hydrogen-bond donors (Lipinski definition) is 2. The zero-order valence-electron chi connectivity index (χ0n) is 14.5. The molecule has 0 atom stereocenters. The highest BCUT2D eigenvalue weighted by atomic mass is 16.5. The summed E-state index contributed by atoms with van der Waals surface area (Å²) in [6.45, 7) is 0.291. The normalized spacial score (nSPS) is 10.7. The quantitative estimate of drug-likeness (QED) is 0.725. The van der Waals surface area contributed by atoms with Gasteiger partial charge in [-0.2, -0.15) is 5.10 Å². The zero-order valence-corrected chi connectivity index (χ0v) is 14.5. The van der Waals surface area contributed by atoms with E-state index in [1.165, 1.54) is 17.9 Å². The molecule has 1 amide bonds. The van der Waals surface area contributed by atoms with E-state index in [9.17, 15) is 14.7 Å². The van der Waals surface area contributed by atoms with E-state index in [4.69, 9.17) is 4.74 Å². The first-order valence-corrected chi connectivity index (χ1v) is 8.07. The number of fused-ring (bicyclic) bond motifs is 1. The molecule has 0 bridgehead atoms. The second-order valence-electron chi connectivity index (χ2n) is 5.88. The number of aryl methyl sites for hydroxylation is 1. The van der Waals surface area contributed by atoms with Gasteiger partial charge in [-0.25, -0.2) is 4.68 Å². The molecular weight excluding hydrogens is 334 g/mol. The van der Waals surface area contributed by atoms with E-state index in [1.807, 2.05) is 6.07 Å². The Bertz CT molecular complexity index is 1030. The summed E-state index contributed by atoms with van der Waals surface area (Å²) in [5, 5.41) is 17.9. The number of hydrogen-bond acceptors (Lipinski definition) is 5. The Morgan fingerprint density at radius 2 is 1.96 bits per heavy atom. The maximum Gasteiger partial charge on any atom is 0.274 e. The maximum absolute atomic E-state index is 12.3. The number of amides is 1. The van der Waals surface area contributed by atoms with Crippen LogP contribution in [0.5, 0.6) is 11.5 Å². The fourth-order valence-corrected chi connectivity index (χ4v) is 2.75. The summed E-state index contributed by atoms with van der Waals surface area (Å²) in [7, 11) is 3.03. The molecule has 1 heterocycles. The Morgan fingerprint density at radius 3 is 2.69 bits per heavy atom. The van der Waals surface area contributed by atoms with E-state index >= 15 is 0 Å². The van der Waals surface area contributed by atoms with Crippen LogP contribution in [-0.4, -0.2) is 27.9 Å². The molecule has 0 fully saturated rings. The smallest absolute Gasteiger partial charge is 0.274 e. The van der Waals surface area contributed by atoms with Crippen molar-refractivity contribution in [1.29, 1.82) is 0 Å². The van der Waals surface area contributed by atoms with Crippen LogP contribution in [-0.2, 0) is 24.8 Å². The zero-order chi connectivity index (χ0) is 18.7. The van der Waals surface area contributed by atoms with Crippen LogP contribution in [0.4, 0.5) is 0 Å². The number of phenolic OH excluding ortho intramolecular Hbond substituents is 1. The summed E-state index contributed by atoms with van der Waals surface area (Å²) in [6.07, 6.45) is 0.0594. The van der Waals surface area contributed by atoms with E-state index < -0.39 is 0 Å². The van der Waals surface area contributed by atoms with Crippen molar-refractivity contribution in [2.45, 2.75) is 13.0 Å². The highest BCUT2D eigenvalue weighted by Crippen LogP contribution is 2.26. The summed E-state index contributed by atoms with van der Waals surface area (Å²) < 4.78 is 6.30. The van der Waals surface area contributed by atoms with Gasteiger partial charge in [0.15, 0.2) is 11.5 Å². The molecule has 0 aliphatic carbocycles. The second-order valence-corrected chi connectivity index (χ2v) is 5.88. The van der Waals surface area contributed by atoms with Crippen LogP contribution in [0.25, 0.3) is 10.8 Å². The molecule has 2 N–H and O–H groups in total. The Balaban J connectivity index is 1.76. The number of rotatable bonds is 5. The first kappa shape index (κ1) is 17.5. The van der Waals surface area contributed by atoms with Gasteiger partial charge in [-0.15, -0.1) is 0 Å². The lowest BCUT2D eigenvalue weighted by Crippen LogP contribution is -2.27. The van der Waals surface area contributed by atoms with Crippen LogP contribution in [0.3, 0.4) is 0 Å². The number of nitrogens with zero attached hydrogens (tertiary/aromatic N) is 2. The third-order valence-electron chi connectivity index (χ3n) is 4.09. The number of aromatic hydroxyl groups is 1. The van der Waals surface area contributed by atoms with Crippen LogP contribution in [0.15, 0.2) is 47.3 Å². The molecule has 134 valence electrons. The summed E-state index contributed by atoms with van der Waals surface area (Å²) in [4.78, 5) is 24.5. The molecule has 0 aliphatic rings. The van der Waals surface area contributed by atoms with Gasteiger partial charge >= 0.3 is 0 Å². The highest BCUT2D eigenvalue weighted by Gasteiger charge is 2.12. The molecule has 7 nitrogen and oxygen atoms in total. The molecule has 3 rings (SSSR count). The standard InChI is InChI=1S/C19H19N3O4/c1-22-19(25)14-6-4-3-5-13(14)15(21-22)10-18(24)20-11-12-7-8-16(23)17(9-12)26-2/h3-9,23H,10-11H2,1-2H3,(H,20,24). The van der Waals surface area contributed by atoms with Gasteiger partial charge in [0.1, 0.15) is 0 Å². The molecule has 0 saturated heterocycles. The van der Waals surface area contributed by atoms with Crippen LogP contribution in [0, 0.1) is 0 Å². The Kier molecular flexibility index (Phi) is 4.88. The van der Waals surface area contributed by atoms with Gasteiger partial charge in [0.25, 0.3) is 5.56 Å². The van der Waals surface area contributed by atoms with E-state index in [-0.39, 0.29) is 23.6 Å². The largest absolute Gasteiger partial charge is 0.504 e. The number of carbonyl (C=O) groups is 1. The van der Waals surface area contributed by atoms with Crippen molar-refractivity contribution in [2.24, 2.45) is 7.05 Å². The van der Waals surface area contributed by atoms with Gasteiger partial charge in [0.2, 0.25) is 5.91 Å². The van der Waals surface area contributed by atoms with Crippen molar-refractivity contribution in [3.63, 3.8) is 0 Å². The average molecular weight is 353 g/mol. The Hall–Kier alpha value is -3.35. The van der Waals surface area contributed by atoms with E-state index in [1.54, 1.807) is 37.4 Å². The fourth-order valence-electron chi connectivity index (χ4n) is 2.75. The SMILES string of the molecule is COc1cc(CNC(=O)Cc2nn(C)c(=O)c3ccccc23)ccc1O. The number of ether oxygens (including phenoxy) is 1. The monoisotopic (exact) mass is 353 g/mol. The Morgan fingerprint density at radius 1 is 1.23 bits per heavy atom. The second kappa shape index (κ2) is 7.26. The molecular formula is C19H19N3O4. The molecule has 3 aromatic rings. The number of phenols is 1. The number of carbonyl (C=O) groups excluding carboxylic acids is 1. The van der Waals surface area contributed by atoms with Crippen molar-refractivity contribution in [2.75, 3.05) is 7.11 Å². The third-order valence-corrected chi connectivity index (χ3v) is 4.09. The fraction of sp³-hybridized carbons (Fsp3) is 0.211. The number of benzene rings is 2. The maximum atomic E-state index is 12.3. The van der Waals surface area contributed by atoms with Crippen LogP contribution >= 0.6 is 0 Å². The van der Waals surface area contributed by atoms with Crippen LogP contribution < -0.4 is 15.6 Å². The summed E-state index contributed by atoms with van der Waals surface area (Å²) in [5.41, 5.74) is 1.15. The first-order chi connectivity index (χ1) is 12.5. The first-order valence-electron chi connectivity index (χ1n) is 8.07. The van der Waals surface area contributed by atoms with Gasteiger partial charge in [-0.1, -0.05) is 24.3 Å². The van der Waals surface area contributed by atoms with Crippen molar-refractivity contribution in [3.05, 3.63) is 64.1 Å². The van der Waals surface area contributed by atoms with Crippen molar-refractivity contribution in [1.82, 2.24) is 15.1 Å². The molecule has 0 unspecified atom stereocenters. The molecule has 26 heavy (non-hydrogen) atoms. The lowest BCUT2D eigenvalue weighted by atomic mass is 10.1. The minimum atomic E-state index is -0.214. The molecule has 0 aliphatic heterocycles. The van der Waals surface area contributed by atoms with E-state index in [2.05, 4.69) is 10.4 Å². The van der Waals surface area contributed by atoms with Gasteiger partial charge < -0.3 is 15.2 Å². The highest BCUT2D eigenvalue weighted by molar-refractivity contribution is 5.88.